The second kappa shape index (κ2) is 5.85. The Labute approximate surface area is 122 Å². The fraction of sp³-hybridized carbons (Fsp3) is 0.200. The summed E-state index contributed by atoms with van der Waals surface area (Å²) >= 11 is 3.02. The zero-order chi connectivity index (χ0) is 14.8. The largest absolute Gasteiger partial charge is 0.398 e. The lowest BCUT2D eigenvalue weighted by Crippen LogP contribution is -2.27. The minimum absolute atomic E-state index is 0.0000641. The average molecular weight is 365 g/mol. The Bertz CT molecular complexity index is 706. The van der Waals surface area contributed by atoms with Gasteiger partial charge in [0, 0.05) is 23.1 Å². The summed E-state index contributed by atoms with van der Waals surface area (Å²) in [6.07, 6.45) is 1.41. The molecular weight excluding hydrogens is 355 g/mol. The van der Waals surface area contributed by atoms with Crippen LogP contribution in [0.4, 0.5) is 10.1 Å². The summed E-state index contributed by atoms with van der Waals surface area (Å²) in [5.74, 6) is -0.611. The minimum atomic E-state index is -4.00. The molecule has 0 saturated heterocycles. The monoisotopic (exact) mass is 364 g/mol. The summed E-state index contributed by atoms with van der Waals surface area (Å²) < 4.78 is 44.8. The van der Waals surface area contributed by atoms with E-state index in [2.05, 4.69) is 30.8 Å². The van der Waals surface area contributed by atoms with Crippen molar-refractivity contribution in [1.29, 1.82) is 0 Å². The molecule has 0 amide bonds. The van der Waals surface area contributed by atoms with Gasteiger partial charge in [0.2, 0.25) is 15.9 Å². The van der Waals surface area contributed by atoms with Crippen molar-refractivity contribution < 1.29 is 17.3 Å². The van der Waals surface area contributed by atoms with E-state index >= 15 is 0 Å². The van der Waals surface area contributed by atoms with Gasteiger partial charge in [0.05, 0.1) is 0 Å². The minimum Gasteiger partial charge on any atom is -0.398 e. The van der Waals surface area contributed by atoms with Crippen molar-refractivity contribution in [3.63, 3.8) is 0 Å². The van der Waals surface area contributed by atoms with E-state index in [0.29, 0.717) is 4.47 Å². The van der Waals surface area contributed by atoms with Crippen LogP contribution >= 0.6 is 15.9 Å². The third-order valence-corrected chi connectivity index (χ3v) is 4.54. The summed E-state index contributed by atoms with van der Waals surface area (Å²) in [6, 6.07) is 2.05. The van der Waals surface area contributed by atoms with Crippen LogP contribution in [0.5, 0.6) is 0 Å². The summed E-state index contributed by atoms with van der Waals surface area (Å²) in [5.41, 5.74) is 5.68. The summed E-state index contributed by atoms with van der Waals surface area (Å²) in [4.78, 5) is 3.23. The molecule has 108 valence electrons. The zero-order valence-corrected chi connectivity index (χ0v) is 12.4. The van der Waals surface area contributed by atoms with Crippen LogP contribution in [0.15, 0.2) is 32.4 Å². The molecule has 0 spiro atoms. The molecule has 0 bridgehead atoms. The second-order valence-electron chi connectivity index (χ2n) is 3.79. The molecule has 2 rings (SSSR count). The van der Waals surface area contributed by atoms with Gasteiger partial charge in [-0.15, -0.1) is 0 Å². The van der Waals surface area contributed by atoms with Gasteiger partial charge in [0.1, 0.15) is 10.7 Å². The number of nitrogen functional groups attached to an aromatic ring is 1. The molecule has 7 nitrogen and oxygen atoms in total. The number of rotatable bonds is 5. The van der Waals surface area contributed by atoms with E-state index in [1.54, 1.807) is 0 Å². The third kappa shape index (κ3) is 3.32. The highest BCUT2D eigenvalue weighted by Crippen LogP contribution is 2.25. The number of sulfonamides is 1. The van der Waals surface area contributed by atoms with Crippen LogP contribution in [-0.4, -0.2) is 25.1 Å². The van der Waals surface area contributed by atoms with E-state index in [-0.39, 0.29) is 24.5 Å². The molecule has 0 fully saturated rings. The van der Waals surface area contributed by atoms with Gasteiger partial charge in [-0.25, -0.2) is 17.5 Å². The fourth-order valence-corrected chi connectivity index (χ4v) is 2.87. The van der Waals surface area contributed by atoms with E-state index in [9.17, 15) is 12.8 Å². The molecule has 3 N–H and O–H groups in total. The third-order valence-electron chi connectivity index (χ3n) is 2.38. The summed E-state index contributed by atoms with van der Waals surface area (Å²) in [7, 11) is -4.00. The Kier molecular flexibility index (Phi) is 4.35. The van der Waals surface area contributed by atoms with Crippen molar-refractivity contribution in [2.75, 3.05) is 12.3 Å². The van der Waals surface area contributed by atoms with Gasteiger partial charge in [-0.1, -0.05) is 5.16 Å². The fourth-order valence-electron chi connectivity index (χ4n) is 1.43. The van der Waals surface area contributed by atoms with Crippen LogP contribution in [0.1, 0.15) is 5.89 Å². The zero-order valence-electron chi connectivity index (χ0n) is 10.0. The van der Waals surface area contributed by atoms with Gasteiger partial charge in [0.25, 0.3) is 0 Å². The Hall–Kier alpha value is -1.52. The first kappa shape index (κ1) is 14.9. The van der Waals surface area contributed by atoms with E-state index < -0.39 is 20.7 Å². The standard InChI is InChI=1S/C10H10BrFN4O3S/c11-6-3-7(12)9(4-8(6)13)20(17,18)16-2-1-10-14-5-15-19-10/h3-5,16H,1-2,13H2. The molecule has 0 unspecified atom stereocenters. The number of anilines is 1. The predicted molar refractivity (Wildman–Crippen MR) is 71.7 cm³/mol. The smallest absolute Gasteiger partial charge is 0.243 e. The van der Waals surface area contributed by atoms with Crippen LogP contribution in [0.2, 0.25) is 0 Å². The molecule has 1 aromatic heterocycles. The van der Waals surface area contributed by atoms with Crippen molar-refractivity contribution in [2.24, 2.45) is 0 Å². The van der Waals surface area contributed by atoms with Gasteiger partial charge in [-0.05, 0) is 28.1 Å². The first-order chi connectivity index (χ1) is 9.40. The highest BCUT2D eigenvalue weighted by atomic mass is 79.9. The number of nitrogens with two attached hydrogens (primary N) is 1. The number of benzene rings is 1. The Morgan fingerprint density at radius 3 is 2.85 bits per heavy atom. The van der Waals surface area contributed by atoms with Gasteiger partial charge < -0.3 is 10.3 Å². The molecule has 0 radical (unpaired) electrons. The first-order valence-electron chi connectivity index (χ1n) is 5.40. The maximum Gasteiger partial charge on any atom is 0.243 e. The van der Waals surface area contributed by atoms with Gasteiger partial charge in [-0.3, -0.25) is 0 Å². The molecule has 20 heavy (non-hydrogen) atoms. The Morgan fingerprint density at radius 1 is 1.45 bits per heavy atom. The maximum absolute atomic E-state index is 13.7. The second-order valence-corrected chi connectivity index (χ2v) is 6.38. The van der Waals surface area contributed by atoms with E-state index in [1.165, 1.54) is 6.33 Å². The molecular formula is C10H10BrFN4O3S. The van der Waals surface area contributed by atoms with Crippen molar-refractivity contribution in [3.8, 4) is 0 Å². The van der Waals surface area contributed by atoms with Crippen LogP contribution in [0.3, 0.4) is 0 Å². The Morgan fingerprint density at radius 2 is 2.20 bits per heavy atom. The van der Waals surface area contributed by atoms with Crippen LogP contribution in [-0.2, 0) is 16.4 Å². The van der Waals surface area contributed by atoms with Crippen LogP contribution in [0, 0.1) is 5.82 Å². The Balaban J connectivity index is 2.12. The molecule has 0 aliphatic rings. The SMILES string of the molecule is Nc1cc(S(=O)(=O)NCCc2ncno2)c(F)cc1Br. The van der Waals surface area contributed by atoms with Crippen LogP contribution < -0.4 is 10.5 Å². The van der Waals surface area contributed by atoms with Gasteiger partial charge in [0.15, 0.2) is 6.33 Å². The van der Waals surface area contributed by atoms with E-state index in [4.69, 9.17) is 10.3 Å². The van der Waals surface area contributed by atoms with E-state index in [1.807, 2.05) is 0 Å². The van der Waals surface area contributed by atoms with Gasteiger partial charge in [-0.2, -0.15) is 4.98 Å². The molecule has 1 aromatic carbocycles. The number of nitrogens with zero attached hydrogens (tertiary/aromatic N) is 2. The summed E-state index contributed by atoms with van der Waals surface area (Å²) in [5, 5.41) is 3.39. The number of halogens is 2. The highest BCUT2D eigenvalue weighted by Gasteiger charge is 2.20. The van der Waals surface area contributed by atoms with Crippen molar-refractivity contribution in [3.05, 3.63) is 34.6 Å². The molecule has 0 aliphatic carbocycles. The molecule has 10 heteroatoms. The lowest BCUT2D eigenvalue weighted by Gasteiger charge is -2.08. The predicted octanol–water partition coefficient (Wildman–Crippen LogP) is 1.07. The number of nitrogens with one attached hydrogen (secondary N) is 1. The number of aromatic nitrogens is 2. The molecule has 0 atom stereocenters. The highest BCUT2D eigenvalue weighted by molar-refractivity contribution is 9.10. The number of hydrogen-bond acceptors (Lipinski definition) is 6. The topological polar surface area (TPSA) is 111 Å². The number of hydrogen-bond donors (Lipinski definition) is 2. The quantitative estimate of drug-likeness (QED) is 0.767. The molecule has 2 aromatic rings. The van der Waals surface area contributed by atoms with Crippen LogP contribution in [0.25, 0.3) is 0 Å². The lowest BCUT2D eigenvalue weighted by molar-refractivity contribution is 0.377. The first-order valence-corrected chi connectivity index (χ1v) is 7.67. The van der Waals surface area contributed by atoms with Crippen molar-refractivity contribution in [1.82, 2.24) is 14.9 Å². The van der Waals surface area contributed by atoms with E-state index in [0.717, 1.165) is 12.1 Å². The molecule has 0 aliphatic heterocycles. The normalized spacial score (nSPS) is 11.7. The van der Waals surface area contributed by atoms with Gasteiger partial charge >= 0.3 is 0 Å². The summed E-state index contributed by atoms with van der Waals surface area (Å²) in [6.45, 7) is -0.0000641. The average Bonchev–Trinajstić information content (AvgIpc) is 2.86. The lowest BCUT2D eigenvalue weighted by atomic mass is 10.3. The van der Waals surface area contributed by atoms with Crippen molar-refractivity contribution in [2.45, 2.75) is 11.3 Å². The molecule has 0 saturated carbocycles. The maximum atomic E-state index is 13.7. The van der Waals surface area contributed by atoms with Crippen molar-refractivity contribution >= 4 is 31.6 Å². The molecule has 1 heterocycles.